The predicted molar refractivity (Wildman–Crippen MR) is 114 cm³/mol. The molecule has 2 fully saturated rings. The van der Waals surface area contributed by atoms with E-state index in [4.69, 9.17) is 0 Å². The van der Waals surface area contributed by atoms with Gasteiger partial charge >= 0.3 is 0 Å². The van der Waals surface area contributed by atoms with E-state index in [2.05, 4.69) is 6.07 Å². The summed E-state index contributed by atoms with van der Waals surface area (Å²) < 4.78 is 0. The number of amides is 2. The minimum atomic E-state index is -0.631. The first kappa shape index (κ1) is 18.9. The van der Waals surface area contributed by atoms with Crippen LogP contribution in [0.5, 0.6) is 0 Å². The summed E-state index contributed by atoms with van der Waals surface area (Å²) >= 11 is 0. The Bertz CT molecular complexity index is 1100. The number of rotatable bonds is 3. The summed E-state index contributed by atoms with van der Waals surface area (Å²) in [7, 11) is 0. The Morgan fingerprint density at radius 3 is 2.23 bits per heavy atom. The van der Waals surface area contributed by atoms with Crippen LogP contribution in [0, 0.1) is 32.6 Å². The highest BCUT2D eigenvalue weighted by Crippen LogP contribution is 2.48. The van der Waals surface area contributed by atoms with E-state index in [1.165, 1.54) is 4.90 Å². The van der Waals surface area contributed by atoms with Crippen LogP contribution in [-0.4, -0.2) is 34.6 Å². The summed E-state index contributed by atoms with van der Waals surface area (Å²) in [6, 6.07) is 13.0. The molecule has 2 saturated heterocycles. The quantitative estimate of drug-likeness (QED) is 0.743. The van der Waals surface area contributed by atoms with E-state index in [0.29, 0.717) is 12.2 Å². The molecule has 0 N–H and O–H groups in total. The van der Waals surface area contributed by atoms with Crippen LogP contribution in [0.2, 0.25) is 0 Å². The van der Waals surface area contributed by atoms with Gasteiger partial charge in [-0.2, -0.15) is 0 Å². The van der Waals surface area contributed by atoms with E-state index in [1.807, 2.05) is 68.1 Å². The molecule has 3 aliphatic rings. The van der Waals surface area contributed by atoms with Gasteiger partial charge in [0.25, 0.3) is 0 Å². The normalized spacial score (nSPS) is 27.8. The molecule has 2 bridgehead atoms. The maximum absolute atomic E-state index is 13.5. The highest BCUT2D eigenvalue weighted by molar-refractivity contribution is 6.25. The Labute approximate surface area is 176 Å². The maximum atomic E-state index is 13.5. The van der Waals surface area contributed by atoms with Crippen molar-refractivity contribution in [2.45, 2.75) is 39.4 Å². The molecule has 0 saturated carbocycles. The van der Waals surface area contributed by atoms with Crippen LogP contribution in [0.15, 0.2) is 54.6 Å². The van der Waals surface area contributed by atoms with Crippen molar-refractivity contribution in [3.63, 3.8) is 0 Å². The number of imide groups is 1. The van der Waals surface area contributed by atoms with Crippen LogP contribution in [0.4, 0.5) is 5.69 Å². The van der Waals surface area contributed by atoms with Gasteiger partial charge in [-0.25, -0.2) is 4.90 Å². The van der Waals surface area contributed by atoms with E-state index >= 15 is 0 Å². The molecule has 5 rings (SSSR count). The molecule has 30 heavy (non-hydrogen) atoms. The largest absolute Gasteiger partial charge is 0.293 e. The van der Waals surface area contributed by atoms with Gasteiger partial charge in [0.15, 0.2) is 5.78 Å². The molecule has 0 radical (unpaired) electrons. The predicted octanol–water partition coefficient (Wildman–Crippen LogP) is 3.11. The summed E-state index contributed by atoms with van der Waals surface area (Å²) in [6.07, 6.45) is 3.38. The van der Waals surface area contributed by atoms with Gasteiger partial charge in [0.1, 0.15) is 0 Å². The molecule has 152 valence electrons. The minimum absolute atomic E-state index is 0.0871. The van der Waals surface area contributed by atoms with Crippen LogP contribution in [0.25, 0.3) is 0 Å². The molecule has 0 aliphatic carbocycles. The fraction of sp³-hybridized carbons (Fsp3) is 0.320. The number of benzene rings is 2. The Hall–Kier alpha value is -3.05. The lowest BCUT2D eigenvalue weighted by atomic mass is 9.90. The zero-order chi connectivity index (χ0) is 21.2. The third-order valence-electron chi connectivity index (χ3n) is 6.71. The van der Waals surface area contributed by atoms with Crippen LogP contribution >= 0.6 is 0 Å². The topological polar surface area (TPSA) is 57.7 Å². The van der Waals surface area contributed by atoms with Crippen LogP contribution < -0.4 is 4.90 Å². The van der Waals surface area contributed by atoms with Gasteiger partial charge in [0, 0.05) is 12.6 Å². The van der Waals surface area contributed by atoms with Gasteiger partial charge in [0.05, 0.1) is 23.6 Å². The Morgan fingerprint density at radius 1 is 0.867 bits per heavy atom. The van der Waals surface area contributed by atoms with Gasteiger partial charge in [0.2, 0.25) is 11.8 Å². The molecule has 0 spiro atoms. The molecule has 3 aliphatic heterocycles. The number of ketones is 1. The molecular formula is C25H24N2O3. The second-order valence-electron chi connectivity index (χ2n) is 8.66. The molecule has 4 atom stereocenters. The fourth-order valence-electron chi connectivity index (χ4n) is 5.47. The number of carbonyl (C=O) groups is 3. The van der Waals surface area contributed by atoms with Crippen molar-refractivity contribution in [3.05, 3.63) is 76.9 Å². The van der Waals surface area contributed by atoms with E-state index in [0.717, 1.165) is 22.3 Å². The summed E-state index contributed by atoms with van der Waals surface area (Å²) in [4.78, 5) is 43.3. The molecular weight excluding hydrogens is 376 g/mol. The van der Waals surface area contributed by atoms with Crippen LogP contribution in [0.1, 0.15) is 22.3 Å². The minimum Gasteiger partial charge on any atom is -0.293 e. The van der Waals surface area contributed by atoms with Crippen molar-refractivity contribution in [1.29, 1.82) is 0 Å². The molecule has 5 heteroatoms. The third kappa shape index (κ3) is 2.62. The lowest BCUT2D eigenvalue weighted by molar-refractivity contribution is -0.129. The molecule has 3 heterocycles. The number of anilines is 1. The smallest absolute Gasteiger partial charge is 0.239 e. The van der Waals surface area contributed by atoms with Crippen molar-refractivity contribution in [2.75, 3.05) is 4.90 Å². The van der Waals surface area contributed by atoms with Gasteiger partial charge in [-0.15, -0.1) is 0 Å². The van der Waals surface area contributed by atoms with Crippen LogP contribution in [-0.2, 0) is 20.9 Å². The maximum Gasteiger partial charge on any atom is 0.239 e. The number of aryl methyl sites for hydroxylation is 3. The molecule has 2 amide bonds. The third-order valence-corrected chi connectivity index (χ3v) is 6.71. The molecule has 2 aromatic carbocycles. The van der Waals surface area contributed by atoms with Crippen molar-refractivity contribution in [3.8, 4) is 0 Å². The SMILES string of the molecule is Cc1cccc(CN2[C@@H]3C(=O)C=C[C@H]2[C@@H]2C(=O)N(c4c(C)cccc4C)C(=O)[C@@H]23)c1. The van der Waals surface area contributed by atoms with Crippen molar-refractivity contribution < 1.29 is 14.4 Å². The molecule has 0 unspecified atom stereocenters. The standard InChI is InChI=1S/C25H24N2O3/c1-14-6-4-9-17(12-14)13-26-18-10-11-19(28)23(26)21-20(18)24(29)27(25(21)30)22-15(2)7-5-8-16(22)3/h4-12,18,20-21,23H,13H2,1-3H3/t18-,20-,21-,23+/m0/s1. The van der Waals surface area contributed by atoms with Gasteiger partial charge in [-0.1, -0.05) is 54.1 Å². The highest BCUT2D eigenvalue weighted by atomic mass is 16.2. The van der Waals surface area contributed by atoms with Crippen molar-refractivity contribution >= 4 is 23.3 Å². The van der Waals surface area contributed by atoms with E-state index in [9.17, 15) is 14.4 Å². The van der Waals surface area contributed by atoms with E-state index in [1.54, 1.807) is 6.08 Å². The average molecular weight is 400 g/mol. The zero-order valence-corrected chi connectivity index (χ0v) is 17.3. The second-order valence-corrected chi connectivity index (χ2v) is 8.66. The van der Waals surface area contributed by atoms with Crippen molar-refractivity contribution in [1.82, 2.24) is 4.90 Å². The summed E-state index contributed by atoms with van der Waals surface area (Å²) in [5.74, 6) is -1.68. The van der Waals surface area contributed by atoms with E-state index in [-0.39, 0.29) is 23.6 Å². The second kappa shape index (κ2) is 6.74. The molecule has 5 nitrogen and oxygen atoms in total. The fourth-order valence-corrected chi connectivity index (χ4v) is 5.47. The lowest BCUT2D eigenvalue weighted by Crippen LogP contribution is -2.49. The Kier molecular flexibility index (Phi) is 4.26. The lowest BCUT2D eigenvalue weighted by Gasteiger charge is -2.33. The van der Waals surface area contributed by atoms with Crippen LogP contribution in [0.3, 0.4) is 0 Å². The Balaban J connectivity index is 1.54. The first-order valence-corrected chi connectivity index (χ1v) is 10.4. The number of hydrogen-bond donors (Lipinski definition) is 0. The first-order valence-electron chi connectivity index (χ1n) is 10.4. The number of nitrogens with zero attached hydrogens (tertiary/aromatic N) is 2. The van der Waals surface area contributed by atoms with E-state index < -0.39 is 17.9 Å². The Morgan fingerprint density at radius 2 is 1.53 bits per heavy atom. The van der Waals surface area contributed by atoms with Gasteiger partial charge in [-0.05, 0) is 43.5 Å². The first-order chi connectivity index (χ1) is 14.4. The number of hydrogen-bond acceptors (Lipinski definition) is 4. The van der Waals surface area contributed by atoms with Gasteiger partial charge in [-0.3, -0.25) is 19.3 Å². The monoisotopic (exact) mass is 400 g/mol. The average Bonchev–Trinajstić information content (AvgIpc) is 3.07. The molecule has 2 aromatic rings. The number of carbonyl (C=O) groups excluding carboxylic acids is 3. The summed E-state index contributed by atoms with van der Waals surface area (Å²) in [6.45, 7) is 6.40. The zero-order valence-electron chi connectivity index (χ0n) is 17.3. The number of fused-ring (bicyclic) bond motifs is 5. The van der Waals surface area contributed by atoms with Gasteiger partial charge < -0.3 is 0 Å². The number of para-hydroxylation sites is 1. The van der Waals surface area contributed by atoms with Crippen molar-refractivity contribution in [2.24, 2.45) is 11.8 Å². The summed E-state index contributed by atoms with van der Waals surface area (Å²) in [5.41, 5.74) is 4.68. The highest BCUT2D eigenvalue weighted by Gasteiger charge is 2.64. The molecule has 0 aromatic heterocycles. The summed E-state index contributed by atoms with van der Waals surface area (Å²) in [5, 5.41) is 0.